The number of halogens is 6. The summed E-state index contributed by atoms with van der Waals surface area (Å²) >= 11 is 5.75. The van der Waals surface area contributed by atoms with Gasteiger partial charge in [-0.2, -0.15) is 22.0 Å². The fraction of sp³-hybridized carbons (Fsp3) is 0.889. The lowest BCUT2D eigenvalue weighted by molar-refractivity contribution is -0.270. The SMILES string of the molecule is O=C(NC1CCCCC1Cl)C(F)(F)C(F)(F)F. The van der Waals surface area contributed by atoms with Gasteiger partial charge in [0.05, 0.1) is 5.38 Å². The molecule has 0 aliphatic heterocycles. The number of carbonyl (C=O) groups is 1. The van der Waals surface area contributed by atoms with Crippen LogP contribution in [0.1, 0.15) is 25.7 Å². The Balaban J connectivity index is 2.65. The molecule has 0 radical (unpaired) electrons. The van der Waals surface area contributed by atoms with Gasteiger partial charge in [0, 0.05) is 6.04 Å². The van der Waals surface area contributed by atoms with Gasteiger partial charge in [0.1, 0.15) is 0 Å². The molecule has 1 saturated carbocycles. The lowest BCUT2D eigenvalue weighted by Gasteiger charge is -2.29. The summed E-state index contributed by atoms with van der Waals surface area (Å²) < 4.78 is 60.9. The summed E-state index contributed by atoms with van der Waals surface area (Å²) in [6, 6.07) is -0.828. The van der Waals surface area contributed by atoms with Crippen LogP contribution in [0.25, 0.3) is 0 Å². The van der Waals surface area contributed by atoms with Crippen LogP contribution in [0, 0.1) is 0 Å². The van der Waals surface area contributed by atoms with Crippen LogP contribution >= 0.6 is 11.6 Å². The van der Waals surface area contributed by atoms with Crippen LogP contribution in [-0.2, 0) is 4.79 Å². The lowest BCUT2D eigenvalue weighted by atomic mass is 9.94. The highest BCUT2D eigenvalue weighted by atomic mass is 35.5. The van der Waals surface area contributed by atoms with Crippen molar-refractivity contribution in [3.63, 3.8) is 0 Å². The molecule has 0 spiro atoms. The van der Waals surface area contributed by atoms with Crippen LogP contribution in [-0.4, -0.2) is 29.4 Å². The van der Waals surface area contributed by atoms with Crippen LogP contribution in [0.5, 0.6) is 0 Å². The van der Waals surface area contributed by atoms with E-state index in [1.165, 1.54) is 0 Å². The van der Waals surface area contributed by atoms with Crippen molar-refractivity contribution in [2.24, 2.45) is 0 Å². The van der Waals surface area contributed by atoms with Gasteiger partial charge >= 0.3 is 18.0 Å². The molecule has 1 fully saturated rings. The molecule has 0 heterocycles. The zero-order chi connectivity index (χ0) is 13.3. The zero-order valence-electron chi connectivity index (χ0n) is 8.66. The smallest absolute Gasteiger partial charge is 0.346 e. The van der Waals surface area contributed by atoms with Gasteiger partial charge in [-0.15, -0.1) is 11.6 Å². The molecule has 0 saturated heterocycles. The number of carbonyl (C=O) groups excluding carboxylic acids is 1. The van der Waals surface area contributed by atoms with E-state index >= 15 is 0 Å². The maximum Gasteiger partial charge on any atom is 0.463 e. The van der Waals surface area contributed by atoms with E-state index in [0.717, 1.165) is 6.42 Å². The van der Waals surface area contributed by atoms with E-state index in [9.17, 15) is 26.7 Å². The standard InChI is InChI=1S/C9H11ClF5NO/c10-5-3-1-2-4-6(5)16-7(17)8(11,12)9(13,14)15/h5-6H,1-4H2,(H,16,17). The van der Waals surface area contributed by atoms with Crippen LogP contribution in [0.3, 0.4) is 0 Å². The van der Waals surface area contributed by atoms with Crippen LogP contribution in [0.2, 0.25) is 0 Å². The minimum Gasteiger partial charge on any atom is -0.346 e. The first kappa shape index (κ1) is 14.5. The van der Waals surface area contributed by atoms with Gasteiger partial charge in [0.15, 0.2) is 0 Å². The summed E-state index contributed by atoms with van der Waals surface area (Å²) in [7, 11) is 0. The van der Waals surface area contributed by atoms with Crippen LogP contribution < -0.4 is 5.32 Å². The number of hydrogen-bond donors (Lipinski definition) is 1. The Morgan fingerprint density at radius 2 is 1.65 bits per heavy atom. The largest absolute Gasteiger partial charge is 0.463 e. The fourth-order valence-corrected chi connectivity index (χ4v) is 1.98. The fourth-order valence-electron chi connectivity index (χ4n) is 1.64. The third-order valence-electron chi connectivity index (χ3n) is 2.64. The Morgan fingerprint density at radius 3 is 2.12 bits per heavy atom. The van der Waals surface area contributed by atoms with Crippen molar-refractivity contribution < 1.29 is 26.7 Å². The van der Waals surface area contributed by atoms with Crippen molar-refractivity contribution in [1.29, 1.82) is 0 Å². The second-order valence-electron chi connectivity index (χ2n) is 3.95. The van der Waals surface area contributed by atoms with Gasteiger partial charge in [-0.25, -0.2) is 0 Å². The van der Waals surface area contributed by atoms with Crippen molar-refractivity contribution >= 4 is 17.5 Å². The molecule has 1 amide bonds. The minimum atomic E-state index is -5.88. The van der Waals surface area contributed by atoms with E-state index in [0.29, 0.717) is 19.3 Å². The predicted octanol–water partition coefficient (Wildman–Crippen LogP) is 2.85. The first-order chi connectivity index (χ1) is 7.66. The number of nitrogens with one attached hydrogen (secondary N) is 1. The summed E-state index contributed by atoms with van der Waals surface area (Å²) in [6.07, 6.45) is -3.66. The van der Waals surface area contributed by atoms with Crippen molar-refractivity contribution in [2.45, 2.75) is 49.2 Å². The van der Waals surface area contributed by atoms with E-state index < -0.39 is 29.4 Å². The highest BCUT2D eigenvalue weighted by Crippen LogP contribution is 2.36. The Morgan fingerprint density at radius 1 is 1.12 bits per heavy atom. The van der Waals surface area contributed by atoms with Crippen molar-refractivity contribution in [3.8, 4) is 0 Å². The van der Waals surface area contributed by atoms with Crippen LogP contribution in [0.4, 0.5) is 22.0 Å². The zero-order valence-corrected chi connectivity index (χ0v) is 9.42. The molecule has 0 aromatic rings. The molecule has 100 valence electrons. The molecular formula is C9H11ClF5NO. The second kappa shape index (κ2) is 4.96. The normalized spacial score (nSPS) is 26.7. The first-order valence-corrected chi connectivity index (χ1v) is 5.49. The van der Waals surface area contributed by atoms with Crippen LogP contribution in [0.15, 0.2) is 0 Å². The van der Waals surface area contributed by atoms with Gasteiger partial charge in [-0.05, 0) is 12.8 Å². The molecule has 2 nitrogen and oxygen atoms in total. The molecule has 1 aliphatic carbocycles. The average molecular weight is 280 g/mol. The highest BCUT2D eigenvalue weighted by Gasteiger charge is 2.63. The molecule has 0 aromatic carbocycles. The first-order valence-electron chi connectivity index (χ1n) is 5.06. The van der Waals surface area contributed by atoms with E-state index in [-0.39, 0.29) is 0 Å². The van der Waals surface area contributed by atoms with Gasteiger partial charge in [-0.3, -0.25) is 4.79 Å². The molecule has 2 unspecified atom stereocenters. The van der Waals surface area contributed by atoms with Gasteiger partial charge in [0.2, 0.25) is 0 Å². The average Bonchev–Trinajstić information content (AvgIpc) is 2.19. The topological polar surface area (TPSA) is 29.1 Å². The molecule has 17 heavy (non-hydrogen) atoms. The summed E-state index contributed by atoms with van der Waals surface area (Å²) in [5.41, 5.74) is 0. The Labute approximate surface area is 99.5 Å². The molecular weight excluding hydrogens is 269 g/mol. The number of hydrogen-bond acceptors (Lipinski definition) is 1. The van der Waals surface area contributed by atoms with Crippen molar-refractivity contribution in [2.75, 3.05) is 0 Å². The van der Waals surface area contributed by atoms with E-state index in [2.05, 4.69) is 0 Å². The maximum absolute atomic E-state index is 12.6. The third kappa shape index (κ3) is 3.20. The predicted molar refractivity (Wildman–Crippen MR) is 51.0 cm³/mol. The van der Waals surface area contributed by atoms with Gasteiger partial charge < -0.3 is 5.32 Å². The Bertz CT molecular complexity index is 294. The summed E-state index contributed by atoms with van der Waals surface area (Å²) in [4.78, 5) is 10.9. The van der Waals surface area contributed by atoms with E-state index in [1.54, 1.807) is 5.32 Å². The van der Waals surface area contributed by atoms with E-state index in [4.69, 9.17) is 11.6 Å². The Kier molecular flexibility index (Phi) is 4.22. The molecule has 0 aromatic heterocycles. The lowest BCUT2D eigenvalue weighted by Crippen LogP contribution is -2.55. The summed E-state index contributed by atoms with van der Waals surface area (Å²) in [6.45, 7) is 0. The number of amides is 1. The molecule has 1 aliphatic rings. The van der Waals surface area contributed by atoms with Crippen molar-refractivity contribution in [1.82, 2.24) is 5.32 Å². The number of rotatable bonds is 2. The third-order valence-corrected chi connectivity index (χ3v) is 3.16. The molecule has 1 N–H and O–H groups in total. The number of alkyl halides is 6. The van der Waals surface area contributed by atoms with Gasteiger partial charge in [0.25, 0.3) is 0 Å². The summed E-state index contributed by atoms with van der Waals surface area (Å²) in [5, 5.41) is 1.07. The summed E-state index contributed by atoms with van der Waals surface area (Å²) in [5.74, 6) is -7.70. The quantitative estimate of drug-likeness (QED) is 0.611. The second-order valence-corrected chi connectivity index (χ2v) is 4.51. The van der Waals surface area contributed by atoms with Gasteiger partial charge in [-0.1, -0.05) is 12.8 Å². The van der Waals surface area contributed by atoms with Crippen molar-refractivity contribution in [3.05, 3.63) is 0 Å². The molecule has 8 heteroatoms. The maximum atomic E-state index is 12.6. The Hall–Kier alpha value is -0.590. The monoisotopic (exact) mass is 279 g/mol. The minimum absolute atomic E-state index is 0.313. The van der Waals surface area contributed by atoms with E-state index in [1.807, 2.05) is 0 Å². The highest BCUT2D eigenvalue weighted by molar-refractivity contribution is 6.21. The molecule has 0 bridgehead atoms. The molecule has 1 rings (SSSR count). The molecule has 2 atom stereocenters.